The predicted molar refractivity (Wildman–Crippen MR) is 165 cm³/mol. The van der Waals surface area contributed by atoms with Crippen LogP contribution in [0.25, 0.3) is 33.4 Å². The molecule has 0 aliphatic carbocycles. The largest absolute Gasteiger partial charge is 0.457 e. The van der Waals surface area contributed by atoms with E-state index in [1.807, 2.05) is 78.9 Å². The van der Waals surface area contributed by atoms with Crippen LogP contribution in [0.2, 0.25) is 0 Å². The summed E-state index contributed by atoms with van der Waals surface area (Å²) in [6.07, 6.45) is 0. The summed E-state index contributed by atoms with van der Waals surface area (Å²) in [6.45, 7) is 0. The smallest absolute Gasteiger partial charge is 0.129 e. The molecule has 0 unspecified atom stereocenters. The zero-order valence-corrected chi connectivity index (χ0v) is 21.8. The van der Waals surface area contributed by atoms with Gasteiger partial charge in [-0.05, 0) is 81.9 Å². The van der Waals surface area contributed by atoms with Gasteiger partial charge in [-0.2, -0.15) is 0 Å². The first-order valence-corrected chi connectivity index (χ1v) is 13.1. The third kappa shape index (κ3) is 5.52. The number of rotatable bonds is 7. The fraction of sp³-hybridized carbons (Fsp3) is 0. The van der Waals surface area contributed by atoms with Gasteiger partial charge >= 0.3 is 0 Å². The van der Waals surface area contributed by atoms with Crippen LogP contribution in [0.15, 0.2) is 146 Å². The molecule has 194 valence electrons. The summed E-state index contributed by atoms with van der Waals surface area (Å²) < 4.78 is 12.3. The van der Waals surface area contributed by atoms with Crippen LogP contribution < -0.4 is 20.9 Å². The lowest BCUT2D eigenvalue weighted by Gasteiger charge is -2.17. The molecule has 0 radical (unpaired) electrons. The quantitative estimate of drug-likeness (QED) is 0.206. The molecule has 0 heterocycles. The number of ether oxygens (including phenoxy) is 2. The number of nitrogens with two attached hydrogens (primary N) is 2. The van der Waals surface area contributed by atoms with Gasteiger partial charge in [-0.15, -0.1) is 0 Å². The summed E-state index contributed by atoms with van der Waals surface area (Å²) in [5.74, 6) is 2.88. The van der Waals surface area contributed by atoms with Crippen LogP contribution in [0, 0.1) is 0 Å². The summed E-state index contributed by atoms with van der Waals surface area (Å²) in [7, 11) is 0. The van der Waals surface area contributed by atoms with E-state index in [9.17, 15) is 0 Å². The van der Waals surface area contributed by atoms with Crippen LogP contribution in [0.5, 0.6) is 23.0 Å². The first-order valence-electron chi connectivity index (χ1n) is 13.1. The molecule has 0 amide bonds. The van der Waals surface area contributed by atoms with E-state index >= 15 is 0 Å². The lowest BCUT2D eigenvalue weighted by molar-refractivity contribution is 0.483. The fourth-order valence-corrected chi connectivity index (χ4v) is 4.83. The summed E-state index contributed by atoms with van der Waals surface area (Å²) in [6, 6.07) is 48.0. The predicted octanol–water partition coefficient (Wildman–Crippen LogP) is 9.44. The second-order valence-corrected chi connectivity index (χ2v) is 9.50. The molecule has 0 aliphatic heterocycles. The fourth-order valence-electron chi connectivity index (χ4n) is 4.83. The molecule has 0 atom stereocenters. The molecule has 6 aromatic carbocycles. The minimum atomic E-state index is 0.662. The van der Waals surface area contributed by atoms with E-state index in [0.29, 0.717) is 22.9 Å². The molecular formula is C36H28N2O2. The molecule has 0 saturated carbocycles. The van der Waals surface area contributed by atoms with Gasteiger partial charge < -0.3 is 20.9 Å². The molecule has 0 fully saturated rings. The third-order valence-corrected chi connectivity index (χ3v) is 6.60. The highest BCUT2D eigenvalue weighted by Crippen LogP contribution is 2.42. The molecule has 4 N–H and O–H groups in total. The first kappa shape index (κ1) is 24.8. The van der Waals surface area contributed by atoms with E-state index in [1.54, 1.807) is 0 Å². The van der Waals surface area contributed by atoms with Gasteiger partial charge in [0.25, 0.3) is 0 Å². The molecule has 0 bridgehead atoms. The van der Waals surface area contributed by atoms with Gasteiger partial charge in [0.05, 0.1) is 0 Å². The number of nitrogen functional groups attached to an aromatic ring is 2. The maximum atomic E-state index is 6.16. The lowest BCUT2D eigenvalue weighted by Crippen LogP contribution is -1.92. The van der Waals surface area contributed by atoms with E-state index in [2.05, 4.69) is 66.7 Å². The van der Waals surface area contributed by atoms with Crippen molar-refractivity contribution in [3.63, 3.8) is 0 Å². The highest BCUT2D eigenvalue weighted by Gasteiger charge is 2.15. The van der Waals surface area contributed by atoms with Crippen molar-refractivity contribution in [2.45, 2.75) is 0 Å². The van der Waals surface area contributed by atoms with Crippen LogP contribution in [0.3, 0.4) is 0 Å². The summed E-state index contributed by atoms with van der Waals surface area (Å²) in [5.41, 5.74) is 19.8. The van der Waals surface area contributed by atoms with Crippen molar-refractivity contribution in [1.82, 2.24) is 0 Å². The maximum Gasteiger partial charge on any atom is 0.129 e. The summed E-state index contributed by atoms with van der Waals surface area (Å²) >= 11 is 0. The average Bonchev–Trinajstić information content (AvgIpc) is 2.98. The van der Waals surface area contributed by atoms with Crippen LogP contribution in [0.1, 0.15) is 0 Å². The van der Waals surface area contributed by atoms with Gasteiger partial charge in [-0.1, -0.05) is 84.9 Å². The van der Waals surface area contributed by atoms with E-state index in [-0.39, 0.29) is 0 Å². The average molecular weight is 521 g/mol. The molecule has 40 heavy (non-hydrogen) atoms. The van der Waals surface area contributed by atoms with Crippen molar-refractivity contribution in [2.75, 3.05) is 11.5 Å². The van der Waals surface area contributed by atoms with Crippen LogP contribution in [-0.2, 0) is 0 Å². The monoisotopic (exact) mass is 520 g/mol. The molecule has 4 nitrogen and oxygen atoms in total. The van der Waals surface area contributed by atoms with Gasteiger partial charge in [0.15, 0.2) is 0 Å². The molecular weight excluding hydrogens is 492 g/mol. The Morgan fingerprint density at radius 1 is 0.350 bits per heavy atom. The van der Waals surface area contributed by atoms with E-state index in [1.165, 1.54) is 0 Å². The molecule has 6 rings (SSSR count). The molecule has 0 aromatic heterocycles. The molecule has 0 aliphatic rings. The van der Waals surface area contributed by atoms with Crippen molar-refractivity contribution in [2.24, 2.45) is 0 Å². The standard InChI is InChI=1S/C36H28N2O2/c37-28-13-6-17-32(23-28)39-30-15-4-11-26(21-30)34-19-8-20-35(36(34)25-9-2-1-3-10-25)27-12-5-16-31(22-27)40-33-18-7-14-29(38)24-33/h1-24H,37-38H2. The molecule has 0 spiro atoms. The van der Waals surface area contributed by atoms with Crippen molar-refractivity contribution >= 4 is 11.4 Å². The maximum absolute atomic E-state index is 6.16. The zero-order valence-electron chi connectivity index (χ0n) is 21.8. The van der Waals surface area contributed by atoms with Crippen molar-refractivity contribution < 1.29 is 9.47 Å². The topological polar surface area (TPSA) is 70.5 Å². The van der Waals surface area contributed by atoms with Gasteiger partial charge in [-0.25, -0.2) is 0 Å². The second-order valence-electron chi connectivity index (χ2n) is 9.50. The number of benzene rings is 6. The molecule has 4 heteroatoms. The van der Waals surface area contributed by atoms with Crippen molar-refractivity contribution in [1.29, 1.82) is 0 Å². The van der Waals surface area contributed by atoms with Crippen molar-refractivity contribution in [3.05, 3.63) is 146 Å². The Kier molecular flexibility index (Phi) is 6.89. The summed E-state index contributed by atoms with van der Waals surface area (Å²) in [5, 5.41) is 0. The SMILES string of the molecule is Nc1cccc(Oc2cccc(-c3cccc(-c4cccc(Oc5cccc(N)c5)c4)c3-c3ccccc3)c2)c1. The Morgan fingerprint density at radius 3 is 1.23 bits per heavy atom. The van der Waals surface area contributed by atoms with Gasteiger partial charge in [-0.3, -0.25) is 0 Å². The highest BCUT2D eigenvalue weighted by atomic mass is 16.5. The third-order valence-electron chi connectivity index (χ3n) is 6.60. The molecule has 6 aromatic rings. The van der Waals surface area contributed by atoms with Crippen LogP contribution in [-0.4, -0.2) is 0 Å². The Hall–Kier alpha value is -5.48. The van der Waals surface area contributed by atoms with E-state index in [4.69, 9.17) is 20.9 Å². The van der Waals surface area contributed by atoms with Gasteiger partial charge in [0.2, 0.25) is 0 Å². The summed E-state index contributed by atoms with van der Waals surface area (Å²) in [4.78, 5) is 0. The van der Waals surface area contributed by atoms with Crippen LogP contribution in [0.4, 0.5) is 11.4 Å². The lowest BCUT2D eigenvalue weighted by atomic mass is 9.87. The minimum absolute atomic E-state index is 0.662. The minimum Gasteiger partial charge on any atom is -0.457 e. The van der Waals surface area contributed by atoms with Gasteiger partial charge in [0.1, 0.15) is 23.0 Å². The number of hydrogen-bond donors (Lipinski definition) is 2. The second kappa shape index (κ2) is 11.1. The Labute approximate surface area is 234 Å². The Balaban J connectivity index is 1.43. The Bertz CT molecular complexity index is 1670. The highest BCUT2D eigenvalue weighted by molar-refractivity contribution is 5.94. The normalized spacial score (nSPS) is 10.7. The first-order chi connectivity index (χ1) is 19.6. The van der Waals surface area contributed by atoms with E-state index < -0.39 is 0 Å². The van der Waals surface area contributed by atoms with E-state index in [0.717, 1.165) is 44.9 Å². The number of anilines is 2. The van der Waals surface area contributed by atoms with Gasteiger partial charge in [0, 0.05) is 23.5 Å². The van der Waals surface area contributed by atoms with Crippen molar-refractivity contribution in [3.8, 4) is 56.4 Å². The number of hydrogen-bond acceptors (Lipinski definition) is 4. The Morgan fingerprint density at radius 2 is 0.750 bits per heavy atom. The zero-order chi connectivity index (χ0) is 27.3. The van der Waals surface area contributed by atoms with Crippen LogP contribution >= 0.6 is 0 Å². The molecule has 0 saturated heterocycles.